The minimum Gasteiger partial charge on any atom is -0.409 e. The van der Waals surface area contributed by atoms with E-state index < -0.39 is 0 Å². The van der Waals surface area contributed by atoms with Gasteiger partial charge in [-0.1, -0.05) is 12.1 Å². The lowest BCUT2D eigenvalue weighted by Crippen LogP contribution is -2.36. The van der Waals surface area contributed by atoms with Crippen molar-refractivity contribution >= 4 is 23.1 Å². The van der Waals surface area contributed by atoms with Crippen molar-refractivity contribution in [3.63, 3.8) is 0 Å². The standard InChI is InChI=1S/C10H16N4O2S/c1-6(9(11)13-16)4-14(3)10(15)8-5-17-7(2)12-8/h5-6,16H,4H2,1-3H3,(H2,11,13). The van der Waals surface area contributed by atoms with Crippen molar-refractivity contribution in [2.45, 2.75) is 13.8 Å². The molecule has 7 heteroatoms. The zero-order valence-corrected chi connectivity index (χ0v) is 10.9. The van der Waals surface area contributed by atoms with E-state index in [2.05, 4.69) is 10.1 Å². The number of nitrogens with zero attached hydrogens (tertiary/aromatic N) is 3. The van der Waals surface area contributed by atoms with Crippen LogP contribution in [0.5, 0.6) is 0 Å². The van der Waals surface area contributed by atoms with Crippen molar-refractivity contribution in [3.8, 4) is 0 Å². The van der Waals surface area contributed by atoms with Gasteiger partial charge in [-0.05, 0) is 6.92 Å². The maximum Gasteiger partial charge on any atom is 0.273 e. The number of nitrogens with two attached hydrogens (primary N) is 1. The summed E-state index contributed by atoms with van der Waals surface area (Å²) in [6.45, 7) is 4.01. The fourth-order valence-electron chi connectivity index (χ4n) is 1.34. The smallest absolute Gasteiger partial charge is 0.273 e. The van der Waals surface area contributed by atoms with Gasteiger partial charge in [0, 0.05) is 24.9 Å². The van der Waals surface area contributed by atoms with Gasteiger partial charge in [0.25, 0.3) is 5.91 Å². The fourth-order valence-corrected chi connectivity index (χ4v) is 1.93. The molecule has 1 rings (SSSR count). The fraction of sp³-hybridized carbons (Fsp3) is 0.500. The molecule has 3 N–H and O–H groups in total. The van der Waals surface area contributed by atoms with Crippen molar-refractivity contribution in [3.05, 3.63) is 16.1 Å². The number of amides is 1. The van der Waals surface area contributed by atoms with Gasteiger partial charge in [-0.3, -0.25) is 4.79 Å². The Bertz CT molecular complexity index is 430. The summed E-state index contributed by atoms with van der Waals surface area (Å²) in [5, 5.41) is 14.0. The molecule has 0 aliphatic carbocycles. The van der Waals surface area contributed by atoms with E-state index in [-0.39, 0.29) is 17.7 Å². The third-order valence-corrected chi connectivity index (χ3v) is 3.13. The number of oxime groups is 1. The molecule has 1 amide bonds. The van der Waals surface area contributed by atoms with Crippen LogP contribution in [0.1, 0.15) is 22.4 Å². The minimum atomic E-state index is -0.200. The molecule has 1 heterocycles. The summed E-state index contributed by atoms with van der Waals surface area (Å²) in [7, 11) is 1.66. The average Bonchev–Trinajstić information content (AvgIpc) is 2.73. The van der Waals surface area contributed by atoms with Crippen molar-refractivity contribution in [1.29, 1.82) is 0 Å². The zero-order chi connectivity index (χ0) is 13.0. The lowest BCUT2D eigenvalue weighted by molar-refractivity contribution is 0.0781. The number of hydrogen-bond acceptors (Lipinski definition) is 5. The molecule has 0 aromatic carbocycles. The first-order valence-electron chi connectivity index (χ1n) is 5.10. The number of aryl methyl sites for hydroxylation is 1. The number of thiazole rings is 1. The van der Waals surface area contributed by atoms with Crippen LogP contribution in [0.2, 0.25) is 0 Å². The summed E-state index contributed by atoms with van der Waals surface area (Å²) in [4.78, 5) is 17.6. The summed E-state index contributed by atoms with van der Waals surface area (Å²) < 4.78 is 0. The molecule has 0 aliphatic heterocycles. The predicted octanol–water partition coefficient (Wildman–Crippen LogP) is 0.906. The van der Waals surface area contributed by atoms with Crippen LogP contribution in [-0.4, -0.2) is 40.4 Å². The number of hydrogen-bond donors (Lipinski definition) is 2. The normalized spacial score (nSPS) is 13.5. The Morgan fingerprint density at radius 3 is 2.88 bits per heavy atom. The third kappa shape index (κ3) is 3.42. The quantitative estimate of drug-likeness (QED) is 0.362. The molecule has 1 atom stereocenters. The molecule has 0 saturated heterocycles. The first-order valence-corrected chi connectivity index (χ1v) is 5.98. The highest BCUT2D eigenvalue weighted by Crippen LogP contribution is 2.10. The van der Waals surface area contributed by atoms with Crippen LogP contribution < -0.4 is 5.73 Å². The maximum absolute atomic E-state index is 11.9. The van der Waals surface area contributed by atoms with Crippen molar-refractivity contribution in [2.75, 3.05) is 13.6 Å². The second kappa shape index (κ2) is 5.62. The van der Waals surface area contributed by atoms with Crippen LogP contribution in [-0.2, 0) is 0 Å². The number of aromatic nitrogens is 1. The first kappa shape index (κ1) is 13.4. The van der Waals surface area contributed by atoms with Crippen LogP contribution in [0.4, 0.5) is 0 Å². The minimum absolute atomic E-state index is 0.110. The molecule has 94 valence electrons. The van der Waals surface area contributed by atoms with E-state index >= 15 is 0 Å². The molecule has 1 unspecified atom stereocenters. The van der Waals surface area contributed by atoms with E-state index in [0.29, 0.717) is 12.2 Å². The van der Waals surface area contributed by atoms with E-state index in [1.807, 2.05) is 6.92 Å². The van der Waals surface area contributed by atoms with Crippen LogP contribution in [0.15, 0.2) is 10.5 Å². The van der Waals surface area contributed by atoms with Gasteiger partial charge in [-0.15, -0.1) is 11.3 Å². The molecule has 0 fully saturated rings. The highest BCUT2D eigenvalue weighted by atomic mass is 32.1. The zero-order valence-electron chi connectivity index (χ0n) is 10.0. The van der Waals surface area contributed by atoms with Gasteiger partial charge < -0.3 is 15.8 Å². The molecule has 0 spiro atoms. The Kier molecular flexibility index (Phi) is 4.45. The van der Waals surface area contributed by atoms with Gasteiger partial charge in [0.15, 0.2) is 0 Å². The lowest BCUT2D eigenvalue weighted by Gasteiger charge is -2.19. The van der Waals surface area contributed by atoms with E-state index in [4.69, 9.17) is 10.9 Å². The largest absolute Gasteiger partial charge is 0.409 e. The maximum atomic E-state index is 11.9. The molecule has 17 heavy (non-hydrogen) atoms. The third-order valence-electron chi connectivity index (χ3n) is 2.35. The Balaban J connectivity index is 2.65. The molecule has 1 aromatic rings. The summed E-state index contributed by atoms with van der Waals surface area (Å²) >= 11 is 1.43. The monoisotopic (exact) mass is 256 g/mol. The van der Waals surface area contributed by atoms with Crippen molar-refractivity contribution in [2.24, 2.45) is 16.8 Å². The van der Waals surface area contributed by atoms with Crippen LogP contribution >= 0.6 is 11.3 Å². The Labute approximate surface area is 104 Å². The SMILES string of the molecule is Cc1nc(C(=O)N(C)CC(C)C(N)=NO)cs1. The molecular formula is C10H16N4O2S. The number of carbonyl (C=O) groups excluding carboxylic acids is 1. The molecule has 0 aliphatic rings. The second-order valence-electron chi connectivity index (χ2n) is 3.86. The average molecular weight is 256 g/mol. The molecule has 0 saturated carbocycles. The molecule has 0 bridgehead atoms. The molecular weight excluding hydrogens is 240 g/mol. The highest BCUT2D eigenvalue weighted by molar-refractivity contribution is 7.09. The number of rotatable bonds is 4. The first-order chi connectivity index (χ1) is 7.95. The van der Waals surface area contributed by atoms with Crippen LogP contribution in [0, 0.1) is 12.8 Å². The van der Waals surface area contributed by atoms with E-state index in [0.717, 1.165) is 5.01 Å². The summed E-state index contributed by atoms with van der Waals surface area (Å²) in [5.41, 5.74) is 5.89. The lowest BCUT2D eigenvalue weighted by atomic mass is 10.1. The van der Waals surface area contributed by atoms with Gasteiger partial charge in [-0.25, -0.2) is 4.98 Å². The topological polar surface area (TPSA) is 91.8 Å². The predicted molar refractivity (Wildman–Crippen MR) is 66.4 cm³/mol. The van der Waals surface area contributed by atoms with Crippen molar-refractivity contribution < 1.29 is 10.0 Å². The van der Waals surface area contributed by atoms with E-state index in [1.54, 1.807) is 19.4 Å². The van der Waals surface area contributed by atoms with Gasteiger partial charge in [-0.2, -0.15) is 0 Å². The Morgan fingerprint density at radius 1 is 1.76 bits per heavy atom. The van der Waals surface area contributed by atoms with Gasteiger partial charge in [0.2, 0.25) is 0 Å². The van der Waals surface area contributed by atoms with Gasteiger partial charge >= 0.3 is 0 Å². The molecule has 6 nitrogen and oxygen atoms in total. The van der Waals surface area contributed by atoms with E-state index in [1.165, 1.54) is 16.2 Å². The number of amidine groups is 1. The van der Waals surface area contributed by atoms with Crippen LogP contribution in [0.25, 0.3) is 0 Å². The Hall–Kier alpha value is -1.63. The number of carbonyl (C=O) groups is 1. The van der Waals surface area contributed by atoms with Gasteiger partial charge in [0.05, 0.1) is 5.01 Å². The second-order valence-corrected chi connectivity index (χ2v) is 4.93. The van der Waals surface area contributed by atoms with Gasteiger partial charge in [0.1, 0.15) is 11.5 Å². The van der Waals surface area contributed by atoms with Crippen molar-refractivity contribution in [1.82, 2.24) is 9.88 Å². The van der Waals surface area contributed by atoms with Crippen LogP contribution in [0.3, 0.4) is 0 Å². The summed E-state index contributed by atoms with van der Waals surface area (Å²) in [5.74, 6) is -0.250. The molecule has 1 aromatic heterocycles. The highest BCUT2D eigenvalue weighted by Gasteiger charge is 2.18. The summed E-state index contributed by atoms with van der Waals surface area (Å²) in [6, 6.07) is 0. The Morgan fingerprint density at radius 2 is 2.41 bits per heavy atom. The molecule has 0 radical (unpaired) electrons. The summed E-state index contributed by atoms with van der Waals surface area (Å²) in [6.07, 6.45) is 0. The van der Waals surface area contributed by atoms with E-state index in [9.17, 15) is 4.79 Å².